The molecule has 0 rings (SSSR count). The fourth-order valence-electron chi connectivity index (χ4n) is 4.45. The number of carbonyl (C=O) groups is 8. The molecule has 39 heavy (non-hydrogen) atoms. The van der Waals surface area contributed by atoms with Crippen molar-refractivity contribution in [1.29, 1.82) is 0 Å². The molecule has 10 heteroatoms. The quantitative estimate of drug-likeness (QED) is 0.154. The molecule has 10 nitrogen and oxygen atoms in total. The number of hydrogen-bond donors (Lipinski definition) is 2. The van der Waals surface area contributed by atoms with Crippen molar-refractivity contribution < 1.29 is 38.4 Å². The van der Waals surface area contributed by atoms with Gasteiger partial charge in [-0.25, -0.2) is 0 Å². The Bertz CT molecular complexity index is 828. The van der Waals surface area contributed by atoms with E-state index in [9.17, 15) is 38.4 Å². The van der Waals surface area contributed by atoms with Crippen LogP contribution in [0.25, 0.3) is 0 Å². The summed E-state index contributed by atoms with van der Waals surface area (Å²) in [5.41, 5.74) is -2.86. The summed E-state index contributed by atoms with van der Waals surface area (Å²) in [6.45, 7) is 8.71. The highest BCUT2D eigenvalue weighted by molar-refractivity contribution is 6.06. The number of hydrogen-bond acceptors (Lipinski definition) is 8. The normalized spacial score (nSPS) is 11.4. The number of rotatable bonds is 22. The summed E-state index contributed by atoms with van der Waals surface area (Å²) in [6.07, 6.45) is 2.18. The molecule has 0 radical (unpaired) electrons. The van der Waals surface area contributed by atoms with Gasteiger partial charge < -0.3 is 29.8 Å². The van der Waals surface area contributed by atoms with Crippen LogP contribution in [0.3, 0.4) is 0 Å². The zero-order valence-corrected chi connectivity index (χ0v) is 24.5. The molecule has 0 saturated heterocycles. The summed E-state index contributed by atoms with van der Waals surface area (Å²) in [7, 11) is 0. The largest absolute Gasteiger partial charge is 0.355 e. The first-order chi connectivity index (χ1) is 18.1. The molecular formula is C29H46N2O8. The number of amides is 2. The summed E-state index contributed by atoms with van der Waals surface area (Å²) in [5, 5.41) is 5.54. The van der Waals surface area contributed by atoms with E-state index < -0.39 is 22.6 Å². The van der Waals surface area contributed by atoms with Crippen LogP contribution in [0.1, 0.15) is 112 Å². The van der Waals surface area contributed by atoms with Gasteiger partial charge in [-0.1, -0.05) is 0 Å². The Balaban J connectivity index is 4.99. The van der Waals surface area contributed by atoms with Gasteiger partial charge in [0.05, 0.1) is 0 Å². The topological polar surface area (TPSA) is 161 Å². The van der Waals surface area contributed by atoms with Crippen LogP contribution < -0.4 is 10.6 Å². The van der Waals surface area contributed by atoms with Crippen LogP contribution in [0.15, 0.2) is 0 Å². The standard InChI is InChI=1S/C29H46N2O8/c1-20(32)10-14-28(24(5)36,15-11-21(2)33)26(38)30-18-8-7-9-19-31-27(39)29(25(6)37,16-12-22(3)34)17-13-23(4)35/h7-19H2,1-6H3,(H,30,38)(H,31,39). The lowest BCUT2D eigenvalue weighted by molar-refractivity contribution is -0.144. The van der Waals surface area contributed by atoms with Crippen molar-refractivity contribution in [3.63, 3.8) is 0 Å². The van der Waals surface area contributed by atoms with Crippen LogP contribution in [-0.4, -0.2) is 59.6 Å². The Labute approximate surface area is 231 Å². The van der Waals surface area contributed by atoms with E-state index in [0.717, 1.165) is 0 Å². The van der Waals surface area contributed by atoms with Gasteiger partial charge in [-0.2, -0.15) is 0 Å². The number of Topliss-reactive ketones (excluding diaryl/α,β-unsaturated/α-hetero) is 6. The maximum absolute atomic E-state index is 13.0. The third-order valence-electron chi connectivity index (χ3n) is 7.26. The SMILES string of the molecule is CC(=O)CCC(CCC(C)=O)(C(C)=O)C(=O)NCCCCCNC(=O)C(CCC(C)=O)(CCC(C)=O)C(C)=O. The first-order valence-electron chi connectivity index (χ1n) is 13.7. The third kappa shape index (κ3) is 12.6. The van der Waals surface area contributed by atoms with E-state index in [4.69, 9.17) is 0 Å². The average molecular weight is 551 g/mol. The van der Waals surface area contributed by atoms with Gasteiger partial charge in [0.1, 0.15) is 45.5 Å². The Morgan fingerprint density at radius 1 is 0.436 bits per heavy atom. The van der Waals surface area contributed by atoms with Crippen molar-refractivity contribution in [3.05, 3.63) is 0 Å². The van der Waals surface area contributed by atoms with Crippen LogP contribution in [0.2, 0.25) is 0 Å². The zero-order valence-electron chi connectivity index (χ0n) is 24.5. The van der Waals surface area contributed by atoms with E-state index in [-0.39, 0.29) is 99.2 Å². The van der Waals surface area contributed by atoms with E-state index in [1.54, 1.807) is 0 Å². The fourth-order valence-corrected chi connectivity index (χ4v) is 4.45. The van der Waals surface area contributed by atoms with Crippen LogP contribution >= 0.6 is 0 Å². The highest BCUT2D eigenvalue weighted by Gasteiger charge is 2.43. The predicted octanol–water partition coefficient (Wildman–Crippen LogP) is 3.02. The van der Waals surface area contributed by atoms with Gasteiger partial charge >= 0.3 is 0 Å². The molecule has 0 aliphatic rings. The Hall–Kier alpha value is -3.04. The highest BCUT2D eigenvalue weighted by atomic mass is 16.2. The maximum atomic E-state index is 13.0. The maximum Gasteiger partial charge on any atom is 0.233 e. The second-order valence-electron chi connectivity index (χ2n) is 10.7. The summed E-state index contributed by atoms with van der Waals surface area (Å²) in [5.74, 6) is -2.32. The molecule has 0 unspecified atom stereocenters. The second-order valence-corrected chi connectivity index (χ2v) is 10.7. The second kappa shape index (κ2) is 17.5. The van der Waals surface area contributed by atoms with Crippen molar-refractivity contribution in [2.45, 2.75) is 112 Å². The van der Waals surface area contributed by atoms with Crippen molar-refractivity contribution in [1.82, 2.24) is 10.6 Å². The van der Waals surface area contributed by atoms with Gasteiger partial charge in [-0.3, -0.25) is 19.2 Å². The summed E-state index contributed by atoms with van der Waals surface area (Å²) in [6, 6.07) is 0. The fraction of sp³-hybridized carbons (Fsp3) is 0.724. The lowest BCUT2D eigenvalue weighted by atomic mass is 9.74. The zero-order chi connectivity index (χ0) is 30.2. The summed E-state index contributed by atoms with van der Waals surface area (Å²) < 4.78 is 0. The molecule has 0 aliphatic carbocycles. The predicted molar refractivity (Wildman–Crippen MR) is 146 cm³/mol. The average Bonchev–Trinajstić information content (AvgIpc) is 2.82. The van der Waals surface area contributed by atoms with Crippen molar-refractivity contribution in [2.75, 3.05) is 13.1 Å². The Kier molecular flexibility index (Phi) is 16.2. The van der Waals surface area contributed by atoms with E-state index >= 15 is 0 Å². The molecule has 2 N–H and O–H groups in total. The van der Waals surface area contributed by atoms with Crippen LogP contribution in [0.4, 0.5) is 0 Å². The number of carbonyl (C=O) groups excluding carboxylic acids is 8. The molecule has 0 aromatic carbocycles. The van der Waals surface area contributed by atoms with Crippen LogP contribution in [-0.2, 0) is 38.4 Å². The first kappa shape index (κ1) is 36.0. The molecule has 0 aromatic rings. The smallest absolute Gasteiger partial charge is 0.233 e. The van der Waals surface area contributed by atoms with Gasteiger partial charge in [0.15, 0.2) is 0 Å². The molecule has 0 bridgehead atoms. The molecule has 0 aromatic heterocycles. The summed E-state index contributed by atoms with van der Waals surface area (Å²) in [4.78, 5) is 97.1. The molecule has 0 fully saturated rings. The molecule has 0 atom stereocenters. The van der Waals surface area contributed by atoms with Gasteiger partial charge in [0.2, 0.25) is 11.8 Å². The number of ketones is 6. The van der Waals surface area contributed by atoms with Crippen molar-refractivity contribution >= 4 is 46.5 Å². The first-order valence-corrected chi connectivity index (χ1v) is 13.7. The molecule has 220 valence electrons. The van der Waals surface area contributed by atoms with E-state index in [1.807, 2.05) is 0 Å². The molecule has 2 amide bonds. The van der Waals surface area contributed by atoms with E-state index in [1.165, 1.54) is 41.5 Å². The van der Waals surface area contributed by atoms with Crippen molar-refractivity contribution in [2.24, 2.45) is 10.8 Å². The molecule has 0 aliphatic heterocycles. The molecular weight excluding hydrogens is 504 g/mol. The minimum atomic E-state index is -1.43. The van der Waals surface area contributed by atoms with Crippen LogP contribution in [0.5, 0.6) is 0 Å². The third-order valence-corrected chi connectivity index (χ3v) is 7.26. The lowest BCUT2D eigenvalue weighted by Crippen LogP contribution is -2.47. The molecule has 0 heterocycles. The Morgan fingerprint density at radius 2 is 0.692 bits per heavy atom. The Morgan fingerprint density at radius 3 is 0.897 bits per heavy atom. The van der Waals surface area contributed by atoms with E-state index in [0.29, 0.717) is 19.3 Å². The highest BCUT2D eigenvalue weighted by Crippen LogP contribution is 2.33. The molecule has 0 saturated carbocycles. The van der Waals surface area contributed by atoms with E-state index in [2.05, 4.69) is 10.6 Å². The lowest BCUT2D eigenvalue weighted by Gasteiger charge is -2.30. The van der Waals surface area contributed by atoms with Gasteiger partial charge in [0.25, 0.3) is 0 Å². The summed E-state index contributed by atoms with van der Waals surface area (Å²) >= 11 is 0. The minimum Gasteiger partial charge on any atom is -0.355 e. The van der Waals surface area contributed by atoms with Crippen molar-refractivity contribution in [3.8, 4) is 0 Å². The van der Waals surface area contributed by atoms with Gasteiger partial charge in [0, 0.05) is 38.8 Å². The minimum absolute atomic E-state index is 0.0496. The molecule has 0 spiro atoms. The van der Waals surface area contributed by atoms with Gasteiger partial charge in [-0.05, 0) is 86.5 Å². The number of nitrogens with one attached hydrogen (secondary N) is 2. The van der Waals surface area contributed by atoms with Crippen LogP contribution in [0, 0.1) is 10.8 Å². The van der Waals surface area contributed by atoms with Gasteiger partial charge in [-0.15, -0.1) is 0 Å². The number of unbranched alkanes of at least 4 members (excludes halogenated alkanes) is 2. The monoisotopic (exact) mass is 550 g/mol.